The lowest BCUT2D eigenvalue weighted by Crippen LogP contribution is -2.45. The average molecular weight is 457 g/mol. The lowest BCUT2D eigenvalue weighted by Gasteiger charge is -2.30. The molecule has 0 saturated carbocycles. The van der Waals surface area contributed by atoms with Crippen molar-refractivity contribution in [3.63, 3.8) is 0 Å². The molecule has 8 nitrogen and oxygen atoms in total. The standard InChI is InChI=1S/C24H29FN4O4/c1-14-21(11-19-18-10-16(25)4-5-20(18)27-23(19)31)26-15(2)22(14)24(32)28(3)12-17(30)13-29-6-8-33-9-7-29/h4-5,10-11,17,26,30H,6-9,12-13H2,1-3H3,(H,27,31)/t17-/m0/s1. The summed E-state index contributed by atoms with van der Waals surface area (Å²) in [6.45, 7) is 7.11. The van der Waals surface area contributed by atoms with Crippen LogP contribution in [0.1, 0.15) is 32.9 Å². The highest BCUT2D eigenvalue weighted by molar-refractivity contribution is 6.34. The molecule has 1 aromatic carbocycles. The van der Waals surface area contributed by atoms with Crippen molar-refractivity contribution in [2.75, 3.05) is 51.8 Å². The summed E-state index contributed by atoms with van der Waals surface area (Å²) in [5.41, 5.74) is 3.85. The molecule has 1 aromatic heterocycles. The smallest absolute Gasteiger partial charge is 0.256 e. The van der Waals surface area contributed by atoms with Crippen LogP contribution in [0.4, 0.5) is 10.1 Å². The summed E-state index contributed by atoms with van der Waals surface area (Å²) in [7, 11) is 1.67. The molecule has 2 aliphatic heterocycles. The normalized spacial score (nSPS) is 18.3. The van der Waals surface area contributed by atoms with Crippen LogP contribution >= 0.6 is 0 Å². The number of nitrogens with one attached hydrogen (secondary N) is 2. The molecule has 3 N–H and O–H groups in total. The number of aromatic amines is 1. The molecule has 3 heterocycles. The Hall–Kier alpha value is -3.01. The van der Waals surface area contributed by atoms with Crippen LogP contribution in [0.15, 0.2) is 18.2 Å². The molecular formula is C24H29FN4O4. The summed E-state index contributed by atoms with van der Waals surface area (Å²) < 4.78 is 19.1. The van der Waals surface area contributed by atoms with Crippen LogP contribution in [0, 0.1) is 19.7 Å². The summed E-state index contributed by atoms with van der Waals surface area (Å²) in [4.78, 5) is 32.4. The van der Waals surface area contributed by atoms with Gasteiger partial charge in [0.1, 0.15) is 5.82 Å². The lowest BCUT2D eigenvalue weighted by molar-refractivity contribution is -0.110. The summed E-state index contributed by atoms with van der Waals surface area (Å²) in [5, 5.41) is 13.2. The van der Waals surface area contributed by atoms with E-state index in [9.17, 15) is 19.1 Å². The van der Waals surface area contributed by atoms with Crippen LogP contribution in [0.2, 0.25) is 0 Å². The van der Waals surface area contributed by atoms with Gasteiger partial charge in [0.2, 0.25) is 0 Å². The molecule has 176 valence electrons. The zero-order valence-electron chi connectivity index (χ0n) is 19.1. The molecule has 0 radical (unpaired) electrons. The van der Waals surface area contributed by atoms with Gasteiger partial charge >= 0.3 is 0 Å². The molecule has 2 aromatic rings. The number of fused-ring (bicyclic) bond motifs is 1. The number of β-amino-alcohol motifs (C(OH)–C–C–N with tert-alkyl or cyclic N) is 1. The highest BCUT2D eigenvalue weighted by Gasteiger charge is 2.27. The first-order valence-corrected chi connectivity index (χ1v) is 11.0. The Bertz CT molecular complexity index is 1100. The molecule has 0 spiro atoms. The first-order valence-electron chi connectivity index (χ1n) is 11.0. The van der Waals surface area contributed by atoms with E-state index in [1.165, 1.54) is 23.1 Å². The average Bonchev–Trinajstić information content (AvgIpc) is 3.23. The molecule has 4 rings (SSSR count). The van der Waals surface area contributed by atoms with Crippen LogP contribution in [0.3, 0.4) is 0 Å². The third-order valence-corrected chi connectivity index (χ3v) is 6.15. The topological polar surface area (TPSA) is 97.9 Å². The van der Waals surface area contributed by atoms with E-state index in [0.29, 0.717) is 59.1 Å². The Balaban J connectivity index is 1.52. The first-order chi connectivity index (χ1) is 15.7. The number of aliphatic hydroxyl groups is 1. The maximum Gasteiger partial charge on any atom is 0.256 e. The highest BCUT2D eigenvalue weighted by atomic mass is 19.1. The number of amides is 2. The van der Waals surface area contributed by atoms with Gasteiger partial charge in [-0.3, -0.25) is 14.5 Å². The maximum atomic E-state index is 13.7. The number of nitrogens with zero attached hydrogens (tertiary/aromatic N) is 2. The monoisotopic (exact) mass is 456 g/mol. The Morgan fingerprint density at radius 1 is 1.33 bits per heavy atom. The van der Waals surface area contributed by atoms with E-state index in [0.717, 1.165) is 13.1 Å². The number of likely N-dealkylation sites (N-methyl/N-ethyl adjacent to an activating group) is 1. The highest BCUT2D eigenvalue weighted by Crippen LogP contribution is 2.34. The van der Waals surface area contributed by atoms with E-state index in [1.54, 1.807) is 27.0 Å². The predicted octanol–water partition coefficient (Wildman–Crippen LogP) is 2.03. The minimum Gasteiger partial charge on any atom is -0.390 e. The van der Waals surface area contributed by atoms with Gasteiger partial charge in [-0.2, -0.15) is 0 Å². The number of aryl methyl sites for hydroxylation is 1. The minimum atomic E-state index is -0.674. The van der Waals surface area contributed by atoms with Crippen LogP contribution in [0.5, 0.6) is 0 Å². The third kappa shape index (κ3) is 4.85. The fraction of sp³-hybridized carbons (Fsp3) is 0.417. The number of ether oxygens (including phenoxy) is 1. The molecule has 1 atom stereocenters. The van der Waals surface area contributed by atoms with E-state index in [2.05, 4.69) is 15.2 Å². The molecular weight excluding hydrogens is 427 g/mol. The van der Waals surface area contributed by atoms with E-state index >= 15 is 0 Å². The zero-order valence-corrected chi connectivity index (χ0v) is 19.1. The molecule has 1 fully saturated rings. The molecule has 2 amide bonds. The molecule has 0 bridgehead atoms. The molecule has 2 aliphatic rings. The summed E-state index contributed by atoms with van der Waals surface area (Å²) in [5.74, 6) is -0.962. The fourth-order valence-corrected chi connectivity index (χ4v) is 4.42. The molecule has 1 saturated heterocycles. The lowest BCUT2D eigenvalue weighted by atomic mass is 10.0. The second-order valence-electron chi connectivity index (χ2n) is 8.62. The predicted molar refractivity (Wildman–Crippen MR) is 123 cm³/mol. The second kappa shape index (κ2) is 9.46. The molecule has 9 heteroatoms. The summed E-state index contributed by atoms with van der Waals surface area (Å²) in [6.07, 6.45) is 0.972. The molecule has 33 heavy (non-hydrogen) atoms. The number of benzene rings is 1. The number of H-pyrrole nitrogens is 1. The van der Waals surface area contributed by atoms with Gasteiger partial charge < -0.3 is 25.0 Å². The Morgan fingerprint density at radius 3 is 2.79 bits per heavy atom. The van der Waals surface area contributed by atoms with Crippen molar-refractivity contribution >= 4 is 29.2 Å². The van der Waals surface area contributed by atoms with Gasteiger partial charge in [-0.1, -0.05) is 0 Å². The van der Waals surface area contributed by atoms with Crippen molar-refractivity contribution in [3.05, 3.63) is 52.1 Å². The first kappa shape index (κ1) is 23.2. The SMILES string of the molecule is Cc1[nH]c(C=C2C(=O)Nc3ccc(F)cc32)c(C)c1C(=O)N(C)C[C@H](O)CN1CCOCC1. The summed E-state index contributed by atoms with van der Waals surface area (Å²) >= 11 is 0. The number of aromatic nitrogens is 1. The van der Waals surface area contributed by atoms with E-state index in [1.807, 2.05) is 0 Å². The Labute approximate surface area is 192 Å². The number of morpholine rings is 1. The van der Waals surface area contributed by atoms with Gasteiger partial charge in [0.25, 0.3) is 11.8 Å². The van der Waals surface area contributed by atoms with Gasteiger partial charge in [-0.15, -0.1) is 0 Å². The van der Waals surface area contributed by atoms with E-state index in [-0.39, 0.29) is 18.4 Å². The summed E-state index contributed by atoms with van der Waals surface area (Å²) in [6, 6.07) is 4.15. The van der Waals surface area contributed by atoms with Gasteiger partial charge in [0, 0.05) is 55.9 Å². The number of anilines is 1. The van der Waals surface area contributed by atoms with E-state index in [4.69, 9.17) is 4.74 Å². The Kier molecular flexibility index (Phi) is 6.64. The maximum absolute atomic E-state index is 13.7. The van der Waals surface area contributed by atoms with Crippen molar-refractivity contribution in [3.8, 4) is 0 Å². The van der Waals surface area contributed by atoms with Crippen LogP contribution in [0.25, 0.3) is 11.6 Å². The third-order valence-electron chi connectivity index (χ3n) is 6.15. The number of hydrogen-bond donors (Lipinski definition) is 3. The minimum absolute atomic E-state index is 0.200. The van der Waals surface area contributed by atoms with Crippen molar-refractivity contribution in [2.45, 2.75) is 20.0 Å². The van der Waals surface area contributed by atoms with Gasteiger partial charge in [0.05, 0.1) is 30.5 Å². The van der Waals surface area contributed by atoms with Crippen molar-refractivity contribution in [1.82, 2.24) is 14.8 Å². The zero-order chi connectivity index (χ0) is 23.7. The van der Waals surface area contributed by atoms with Gasteiger partial charge in [0.15, 0.2) is 0 Å². The number of aliphatic hydroxyl groups excluding tert-OH is 1. The molecule has 0 unspecified atom stereocenters. The van der Waals surface area contributed by atoms with Crippen molar-refractivity contribution < 1.29 is 23.8 Å². The van der Waals surface area contributed by atoms with Crippen LogP contribution in [-0.4, -0.2) is 84.2 Å². The fourth-order valence-electron chi connectivity index (χ4n) is 4.42. The molecule has 0 aliphatic carbocycles. The van der Waals surface area contributed by atoms with Crippen LogP contribution < -0.4 is 5.32 Å². The van der Waals surface area contributed by atoms with Crippen LogP contribution in [-0.2, 0) is 9.53 Å². The van der Waals surface area contributed by atoms with E-state index < -0.39 is 11.9 Å². The number of halogens is 1. The van der Waals surface area contributed by atoms with Gasteiger partial charge in [-0.05, 0) is 43.7 Å². The van der Waals surface area contributed by atoms with Gasteiger partial charge in [-0.25, -0.2) is 4.39 Å². The number of carbonyl (C=O) groups is 2. The Morgan fingerprint density at radius 2 is 2.06 bits per heavy atom. The van der Waals surface area contributed by atoms with Crippen molar-refractivity contribution in [2.24, 2.45) is 0 Å². The number of rotatable bonds is 6. The number of carbonyl (C=O) groups excluding carboxylic acids is 2. The second-order valence-corrected chi connectivity index (χ2v) is 8.62. The van der Waals surface area contributed by atoms with Crippen molar-refractivity contribution in [1.29, 1.82) is 0 Å². The number of hydrogen-bond acceptors (Lipinski definition) is 5. The largest absolute Gasteiger partial charge is 0.390 e. The quantitative estimate of drug-likeness (QED) is 0.578.